The summed E-state index contributed by atoms with van der Waals surface area (Å²) in [4.78, 5) is 27.7. The van der Waals surface area contributed by atoms with Crippen LogP contribution in [0.1, 0.15) is 32.6 Å². The summed E-state index contributed by atoms with van der Waals surface area (Å²) >= 11 is 0. The number of carboxylic acids is 1. The van der Waals surface area contributed by atoms with E-state index in [0.717, 1.165) is 16.8 Å². The highest BCUT2D eigenvalue weighted by molar-refractivity contribution is 5.90. The van der Waals surface area contributed by atoms with Gasteiger partial charge >= 0.3 is 5.97 Å². The van der Waals surface area contributed by atoms with Crippen LogP contribution in [0.15, 0.2) is 36.4 Å². The van der Waals surface area contributed by atoms with Gasteiger partial charge in [-0.3, -0.25) is 4.79 Å². The summed E-state index contributed by atoms with van der Waals surface area (Å²) < 4.78 is 0. The Morgan fingerprint density at radius 2 is 1.93 bits per heavy atom. The Kier molecular flexibility index (Phi) is 5.13. The molecular weight excluding hydrogens is 342 g/mol. The number of aryl methyl sites for hydroxylation is 2. The molecule has 0 aromatic heterocycles. The van der Waals surface area contributed by atoms with Crippen LogP contribution in [0, 0.1) is 25.2 Å². The van der Waals surface area contributed by atoms with Crippen molar-refractivity contribution in [3.63, 3.8) is 0 Å². The van der Waals surface area contributed by atoms with Gasteiger partial charge in [0.1, 0.15) is 6.07 Å². The van der Waals surface area contributed by atoms with Gasteiger partial charge in [-0.15, -0.1) is 0 Å². The molecular formula is C21H21N3O3. The van der Waals surface area contributed by atoms with Crippen LogP contribution in [0.3, 0.4) is 0 Å². The number of rotatable bonds is 4. The molecule has 0 spiro atoms. The Labute approximate surface area is 158 Å². The number of anilines is 1. The van der Waals surface area contributed by atoms with Crippen molar-refractivity contribution in [1.29, 1.82) is 5.26 Å². The second-order valence-electron chi connectivity index (χ2n) is 6.76. The molecule has 2 aromatic rings. The average Bonchev–Trinajstić information content (AvgIpc) is 2.64. The lowest BCUT2D eigenvalue weighted by molar-refractivity contribution is -0.131. The number of benzene rings is 2. The molecule has 1 fully saturated rings. The van der Waals surface area contributed by atoms with Gasteiger partial charge in [0.05, 0.1) is 23.4 Å². The van der Waals surface area contributed by atoms with Crippen LogP contribution in [0.25, 0.3) is 0 Å². The van der Waals surface area contributed by atoms with Crippen LogP contribution in [0.2, 0.25) is 0 Å². The number of para-hydroxylation sites is 1. The van der Waals surface area contributed by atoms with Crippen molar-refractivity contribution in [3.05, 3.63) is 64.2 Å². The van der Waals surface area contributed by atoms with Crippen LogP contribution in [0.5, 0.6) is 0 Å². The highest BCUT2D eigenvalue weighted by Crippen LogP contribution is 2.23. The van der Waals surface area contributed by atoms with Gasteiger partial charge in [-0.05, 0) is 48.7 Å². The molecule has 3 rings (SSSR count). The predicted octanol–water partition coefficient (Wildman–Crippen LogP) is 2.72. The third kappa shape index (κ3) is 3.77. The largest absolute Gasteiger partial charge is 0.478 e. The van der Waals surface area contributed by atoms with Crippen LogP contribution >= 0.6 is 0 Å². The van der Waals surface area contributed by atoms with Crippen LogP contribution < -0.4 is 4.90 Å². The molecule has 6 nitrogen and oxygen atoms in total. The first-order valence-corrected chi connectivity index (χ1v) is 8.76. The second-order valence-corrected chi connectivity index (χ2v) is 6.76. The van der Waals surface area contributed by atoms with Crippen molar-refractivity contribution in [2.75, 3.05) is 24.5 Å². The molecule has 0 atom stereocenters. The van der Waals surface area contributed by atoms with E-state index < -0.39 is 5.97 Å². The highest BCUT2D eigenvalue weighted by Gasteiger charge is 2.26. The molecule has 1 saturated heterocycles. The van der Waals surface area contributed by atoms with Crippen molar-refractivity contribution < 1.29 is 14.7 Å². The quantitative estimate of drug-likeness (QED) is 0.903. The van der Waals surface area contributed by atoms with Gasteiger partial charge in [0, 0.05) is 19.6 Å². The fourth-order valence-electron chi connectivity index (χ4n) is 3.43. The van der Waals surface area contributed by atoms with Crippen LogP contribution in [0.4, 0.5) is 5.69 Å². The molecule has 2 aromatic carbocycles. The van der Waals surface area contributed by atoms with Crippen molar-refractivity contribution >= 4 is 17.6 Å². The number of hydrogen-bond acceptors (Lipinski definition) is 4. The van der Waals surface area contributed by atoms with Crippen LogP contribution in [-0.2, 0) is 11.3 Å². The minimum Gasteiger partial charge on any atom is -0.478 e. The molecule has 1 aliphatic rings. The van der Waals surface area contributed by atoms with E-state index in [9.17, 15) is 20.0 Å². The minimum absolute atomic E-state index is 0.0363. The maximum Gasteiger partial charge on any atom is 0.335 e. The summed E-state index contributed by atoms with van der Waals surface area (Å²) in [7, 11) is 0. The number of nitriles is 1. The Hall–Kier alpha value is -3.33. The van der Waals surface area contributed by atoms with Gasteiger partial charge in [0.2, 0.25) is 5.91 Å². The zero-order valence-electron chi connectivity index (χ0n) is 15.4. The third-order valence-corrected chi connectivity index (χ3v) is 4.96. The highest BCUT2D eigenvalue weighted by atomic mass is 16.4. The summed E-state index contributed by atoms with van der Waals surface area (Å²) in [5.41, 5.74) is 4.13. The number of piperazine rings is 1. The standard InChI is InChI=1S/C21H21N3O3/c1-14-9-15(2)18(21(26)27)10-17(14)12-24-8-7-23(13-20(24)25)19-6-4-3-5-16(19)11-22/h3-6,9-10H,7-8,12-13H2,1-2H3,(H,26,27). The summed E-state index contributed by atoms with van der Waals surface area (Å²) in [6, 6.07) is 12.9. The van der Waals surface area contributed by atoms with Gasteiger partial charge in [-0.1, -0.05) is 18.2 Å². The number of carboxylic acid groups (broad SMARTS) is 1. The fraction of sp³-hybridized carbons (Fsp3) is 0.286. The normalized spacial score (nSPS) is 14.2. The first-order valence-electron chi connectivity index (χ1n) is 8.76. The lowest BCUT2D eigenvalue weighted by Crippen LogP contribution is -2.50. The topological polar surface area (TPSA) is 84.6 Å². The van der Waals surface area contributed by atoms with Crippen LogP contribution in [-0.4, -0.2) is 41.5 Å². The fourth-order valence-corrected chi connectivity index (χ4v) is 3.43. The molecule has 0 radical (unpaired) electrons. The molecule has 1 heterocycles. The van der Waals surface area contributed by atoms with Gasteiger partial charge in [-0.25, -0.2) is 4.79 Å². The number of carbonyl (C=O) groups excluding carboxylic acids is 1. The molecule has 0 bridgehead atoms. The SMILES string of the molecule is Cc1cc(C)c(C(=O)O)cc1CN1CCN(c2ccccc2C#N)CC1=O. The maximum absolute atomic E-state index is 12.7. The zero-order chi connectivity index (χ0) is 19.6. The molecule has 0 saturated carbocycles. The van der Waals surface area contributed by atoms with Gasteiger partial charge in [0.15, 0.2) is 0 Å². The lowest BCUT2D eigenvalue weighted by atomic mass is 9.99. The van der Waals surface area contributed by atoms with Gasteiger partial charge < -0.3 is 14.9 Å². The molecule has 0 unspecified atom stereocenters. The van der Waals surface area contributed by atoms with E-state index in [4.69, 9.17) is 0 Å². The molecule has 1 aliphatic heterocycles. The molecule has 1 amide bonds. The van der Waals surface area contributed by atoms with Crippen molar-refractivity contribution in [2.45, 2.75) is 20.4 Å². The van der Waals surface area contributed by atoms with Crippen molar-refractivity contribution in [3.8, 4) is 6.07 Å². The number of nitrogens with zero attached hydrogens (tertiary/aromatic N) is 3. The number of carbonyl (C=O) groups is 2. The molecule has 27 heavy (non-hydrogen) atoms. The number of aromatic carboxylic acids is 1. The minimum atomic E-state index is -0.960. The second kappa shape index (κ2) is 7.50. The summed E-state index contributed by atoms with van der Waals surface area (Å²) in [6.07, 6.45) is 0. The Balaban J connectivity index is 1.77. The molecule has 0 aliphatic carbocycles. The zero-order valence-corrected chi connectivity index (χ0v) is 15.4. The predicted molar refractivity (Wildman–Crippen MR) is 102 cm³/mol. The van der Waals surface area contributed by atoms with Gasteiger partial charge in [-0.2, -0.15) is 5.26 Å². The first-order chi connectivity index (χ1) is 12.9. The summed E-state index contributed by atoms with van der Waals surface area (Å²) in [6.45, 7) is 5.44. The maximum atomic E-state index is 12.7. The van der Waals surface area contributed by atoms with E-state index in [-0.39, 0.29) is 18.0 Å². The van der Waals surface area contributed by atoms with E-state index in [1.807, 2.05) is 30.0 Å². The smallest absolute Gasteiger partial charge is 0.335 e. The van der Waals surface area contributed by atoms with E-state index in [1.165, 1.54) is 0 Å². The molecule has 138 valence electrons. The monoisotopic (exact) mass is 363 g/mol. The molecule has 6 heteroatoms. The number of hydrogen-bond donors (Lipinski definition) is 1. The first kappa shape index (κ1) is 18.5. The van der Waals surface area contributed by atoms with E-state index in [0.29, 0.717) is 30.8 Å². The van der Waals surface area contributed by atoms with Crippen molar-refractivity contribution in [1.82, 2.24) is 4.90 Å². The Morgan fingerprint density at radius 3 is 2.59 bits per heavy atom. The number of amides is 1. The van der Waals surface area contributed by atoms with E-state index in [2.05, 4.69) is 6.07 Å². The van der Waals surface area contributed by atoms with E-state index in [1.54, 1.807) is 30.0 Å². The average molecular weight is 363 g/mol. The van der Waals surface area contributed by atoms with Gasteiger partial charge in [0.25, 0.3) is 0 Å². The van der Waals surface area contributed by atoms with E-state index >= 15 is 0 Å². The summed E-state index contributed by atoms with van der Waals surface area (Å²) in [5.74, 6) is -0.996. The third-order valence-electron chi connectivity index (χ3n) is 4.96. The summed E-state index contributed by atoms with van der Waals surface area (Å²) in [5, 5.41) is 18.6. The molecule has 1 N–H and O–H groups in total. The Bertz CT molecular complexity index is 946. The lowest BCUT2D eigenvalue weighted by Gasteiger charge is -2.36. The van der Waals surface area contributed by atoms with Crippen molar-refractivity contribution in [2.24, 2.45) is 0 Å². The Morgan fingerprint density at radius 1 is 1.19 bits per heavy atom.